The van der Waals surface area contributed by atoms with Gasteiger partial charge in [-0.3, -0.25) is 14.6 Å². The summed E-state index contributed by atoms with van der Waals surface area (Å²) in [6, 6.07) is 2.80. The average Bonchev–Trinajstić information content (AvgIpc) is 3.12. The van der Waals surface area contributed by atoms with Crippen LogP contribution in [0.3, 0.4) is 0 Å². The van der Waals surface area contributed by atoms with Crippen molar-refractivity contribution in [3.8, 4) is 0 Å². The molecule has 128 valence electrons. The second kappa shape index (κ2) is 6.58. The molecule has 24 heavy (non-hydrogen) atoms. The predicted molar refractivity (Wildman–Crippen MR) is 85.2 cm³/mol. The number of hydrogen-bond acceptors (Lipinski definition) is 5. The Balaban J connectivity index is 1.65. The first-order valence-corrected chi connectivity index (χ1v) is 7.80. The second-order valence-corrected chi connectivity index (χ2v) is 6.20. The standard InChI is InChI=1S/C16H20N4O4/c17-13(5-15(22)23)16(24)20-7-10(14(21)9-20)4-11-8-19-3-1-2-12(19)6-18-11/h1-3,6,8,10,13-14,21H,4-5,7,9,17H2,(H,22,23)/t10-,13-,14+/m0/s1. The lowest BCUT2D eigenvalue weighted by Gasteiger charge is -2.19. The third kappa shape index (κ3) is 3.39. The van der Waals surface area contributed by atoms with Gasteiger partial charge in [-0.05, 0) is 18.6 Å². The van der Waals surface area contributed by atoms with Gasteiger partial charge in [-0.15, -0.1) is 0 Å². The van der Waals surface area contributed by atoms with Crippen molar-refractivity contribution in [3.05, 3.63) is 36.4 Å². The molecule has 0 aromatic carbocycles. The van der Waals surface area contributed by atoms with Gasteiger partial charge < -0.3 is 25.2 Å². The summed E-state index contributed by atoms with van der Waals surface area (Å²) in [5.41, 5.74) is 7.44. The molecule has 3 atom stereocenters. The first-order chi connectivity index (χ1) is 11.4. The second-order valence-electron chi connectivity index (χ2n) is 6.20. The van der Waals surface area contributed by atoms with Crippen molar-refractivity contribution in [1.29, 1.82) is 0 Å². The molecular weight excluding hydrogens is 312 g/mol. The monoisotopic (exact) mass is 332 g/mol. The predicted octanol–water partition coefficient (Wildman–Crippen LogP) is -0.502. The number of aliphatic carboxylic acids is 1. The topological polar surface area (TPSA) is 121 Å². The molecule has 1 aliphatic rings. The van der Waals surface area contributed by atoms with E-state index in [1.165, 1.54) is 4.90 Å². The summed E-state index contributed by atoms with van der Waals surface area (Å²) in [6.45, 7) is 0.515. The maximum absolute atomic E-state index is 12.2. The van der Waals surface area contributed by atoms with Crippen LogP contribution < -0.4 is 5.73 Å². The molecule has 8 nitrogen and oxygen atoms in total. The number of nitrogens with zero attached hydrogens (tertiary/aromatic N) is 3. The van der Waals surface area contributed by atoms with E-state index in [9.17, 15) is 14.7 Å². The third-order valence-corrected chi connectivity index (χ3v) is 4.36. The van der Waals surface area contributed by atoms with Crippen molar-refractivity contribution in [2.75, 3.05) is 13.1 Å². The van der Waals surface area contributed by atoms with Crippen molar-refractivity contribution in [3.63, 3.8) is 0 Å². The molecule has 0 unspecified atom stereocenters. The third-order valence-electron chi connectivity index (χ3n) is 4.36. The Hall–Kier alpha value is -2.45. The Kier molecular flexibility index (Phi) is 4.50. The minimum absolute atomic E-state index is 0.147. The molecule has 0 bridgehead atoms. The van der Waals surface area contributed by atoms with Crippen molar-refractivity contribution < 1.29 is 19.8 Å². The quantitative estimate of drug-likeness (QED) is 0.678. The number of hydrogen-bond donors (Lipinski definition) is 3. The molecule has 1 aliphatic heterocycles. The van der Waals surface area contributed by atoms with Crippen LogP contribution in [0.1, 0.15) is 12.1 Å². The molecule has 0 spiro atoms. The Morgan fingerprint density at radius 3 is 2.96 bits per heavy atom. The number of carbonyl (C=O) groups is 2. The van der Waals surface area contributed by atoms with Gasteiger partial charge in [0.25, 0.3) is 0 Å². The summed E-state index contributed by atoms with van der Waals surface area (Å²) in [4.78, 5) is 28.7. The largest absolute Gasteiger partial charge is 0.481 e. The number of likely N-dealkylation sites (tertiary alicyclic amines) is 1. The Morgan fingerprint density at radius 1 is 1.42 bits per heavy atom. The molecule has 1 amide bonds. The minimum Gasteiger partial charge on any atom is -0.481 e. The highest BCUT2D eigenvalue weighted by Crippen LogP contribution is 2.22. The lowest BCUT2D eigenvalue weighted by molar-refractivity contribution is -0.141. The smallest absolute Gasteiger partial charge is 0.305 e. The molecule has 2 aromatic heterocycles. The highest BCUT2D eigenvalue weighted by Gasteiger charge is 2.36. The Morgan fingerprint density at radius 2 is 2.21 bits per heavy atom. The number of carboxylic acid groups (broad SMARTS) is 1. The zero-order chi connectivity index (χ0) is 17.3. The minimum atomic E-state index is -1.11. The van der Waals surface area contributed by atoms with Gasteiger partial charge in [0.05, 0.1) is 36.0 Å². The number of nitrogens with two attached hydrogens (primary N) is 1. The normalized spacial score (nSPS) is 22.0. The molecule has 0 aliphatic carbocycles. The molecule has 2 aromatic rings. The summed E-state index contributed by atoms with van der Waals surface area (Å²) >= 11 is 0. The zero-order valence-corrected chi connectivity index (χ0v) is 13.1. The fraction of sp³-hybridized carbons (Fsp3) is 0.438. The SMILES string of the molecule is N[C@@H](CC(=O)O)C(=O)N1C[C@H](Cc2cn3cccc3cn2)[C@H](O)C1. The Labute approximate surface area is 138 Å². The Bertz CT molecular complexity index is 759. The van der Waals surface area contributed by atoms with Gasteiger partial charge in [0.15, 0.2) is 0 Å². The molecule has 1 fully saturated rings. The van der Waals surface area contributed by atoms with E-state index in [1.54, 1.807) is 6.20 Å². The molecule has 1 saturated heterocycles. The fourth-order valence-corrected chi connectivity index (χ4v) is 3.10. The lowest BCUT2D eigenvalue weighted by atomic mass is 10.0. The van der Waals surface area contributed by atoms with E-state index in [-0.39, 0.29) is 12.5 Å². The van der Waals surface area contributed by atoms with Gasteiger partial charge >= 0.3 is 5.97 Å². The maximum atomic E-state index is 12.2. The number of amides is 1. The van der Waals surface area contributed by atoms with Crippen molar-refractivity contribution >= 4 is 17.4 Å². The zero-order valence-electron chi connectivity index (χ0n) is 13.1. The number of aliphatic hydroxyl groups is 1. The van der Waals surface area contributed by atoms with E-state index in [0.29, 0.717) is 13.0 Å². The highest BCUT2D eigenvalue weighted by atomic mass is 16.4. The summed E-state index contributed by atoms with van der Waals surface area (Å²) in [7, 11) is 0. The first-order valence-electron chi connectivity index (χ1n) is 7.80. The van der Waals surface area contributed by atoms with Crippen LogP contribution in [0.15, 0.2) is 30.7 Å². The maximum Gasteiger partial charge on any atom is 0.305 e. The number of β-amino-alcohol motifs (C(OH)–C–C–N with tert-alkyl or cyclic N) is 1. The number of aromatic nitrogens is 2. The highest BCUT2D eigenvalue weighted by molar-refractivity contribution is 5.86. The van der Waals surface area contributed by atoms with Gasteiger partial charge in [-0.2, -0.15) is 0 Å². The molecule has 0 radical (unpaired) electrons. The summed E-state index contributed by atoms with van der Waals surface area (Å²) in [5.74, 6) is -1.70. The van der Waals surface area contributed by atoms with Gasteiger partial charge in [0, 0.05) is 31.4 Å². The van der Waals surface area contributed by atoms with E-state index < -0.39 is 30.4 Å². The van der Waals surface area contributed by atoms with Gasteiger partial charge in [-0.1, -0.05) is 0 Å². The summed E-state index contributed by atoms with van der Waals surface area (Å²) < 4.78 is 1.95. The van der Waals surface area contributed by atoms with Crippen molar-refractivity contribution in [1.82, 2.24) is 14.3 Å². The van der Waals surface area contributed by atoms with Gasteiger partial charge in [-0.25, -0.2) is 0 Å². The average molecular weight is 332 g/mol. The van der Waals surface area contributed by atoms with Crippen LogP contribution in [0.2, 0.25) is 0 Å². The van der Waals surface area contributed by atoms with Crippen LogP contribution in [0, 0.1) is 5.92 Å². The first kappa shape index (κ1) is 16.4. The van der Waals surface area contributed by atoms with Gasteiger partial charge in [0.1, 0.15) is 0 Å². The summed E-state index contributed by atoms with van der Waals surface area (Å²) in [6.07, 6.45) is 5.04. The fourth-order valence-electron chi connectivity index (χ4n) is 3.10. The van der Waals surface area contributed by atoms with E-state index in [0.717, 1.165) is 11.2 Å². The number of aliphatic hydroxyl groups excluding tert-OH is 1. The van der Waals surface area contributed by atoms with Crippen LogP contribution in [-0.4, -0.2) is 61.6 Å². The van der Waals surface area contributed by atoms with E-state index in [2.05, 4.69) is 4.98 Å². The number of carbonyl (C=O) groups excluding carboxylic acids is 1. The molecule has 0 saturated carbocycles. The van der Waals surface area contributed by atoms with E-state index >= 15 is 0 Å². The molecule has 3 heterocycles. The van der Waals surface area contributed by atoms with Crippen LogP contribution in [-0.2, 0) is 16.0 Å². The molecule has 4 N–H and O–H groups in total. The van der Waals surface area contributed by atoms with Crippen molar-refractivity contribution in [2.45, 2.75) is 25.0 Å². The molecule has 3 rings (SSSR count). The van der Waals surface area contributed by atoms with E-state index in [1.807, 2.05) is 28.9 Å². The van der Waals surface area contributed by atoms with Crippen molar-refractivity contribution in [2.24, 2.45) is 11.7 Å². The molecule has 8 heteroatoms. The van der Waals surface area contributed by atoms with Crippen LogP contribution in [0.25, 0.3) is 5.52 Å². The van der Waals surface area contributed by atoms with Crippen LogP contribution in [0.5, 0.6) is 0 Å². The summed E-state index contributed by atoms with van der Waals surface area (Å²) in [5, 5.41) is 19.0. The number of rotatable bonds is 5. The lowest BCUT2D eigenvalue weighted by Crippen LogP contribution is -2.44. The number of fused-ring (bicyclic) bond motifs is 1. The van der Waals surface area contributed by atoms with Crippen LogP contribution >= 0.6 is 0 Å². The molecular formula is C16H20N4O4. The van der Waals surface area contributed by atoms with Gasteiger partial charge in [0.2, 0.25) is 5.91 Å². The number of carboxylic acids is 1. The van der Waals surface area contributed by atoms with E-state index in [4.69, 9.17) is 10.8 Å². The van der Waals surface area contributed by atoms with Crippen LogP contribution in [0.4, 0.5) is 0 Å².